The van der Waals surface area contributed by atoms with Crippen LogP contribution in [0, 0.1) is 6.92 Å². The number of benzene rings is 3. The second-order valence-electron chi connectivity index (χ2n) is 7.33. The molecule has 0 radical (unpaired) electrons. The van der Waals surface area contributed by atoms with Crippen molar-refractivity contribution in [2.45, 2.75) is 6.92 Å². The molecule has 164 valence electrons. The van der Waals surface area contributed by atoms with E-state index in [2.05, 4.69) is 5.32 Å². The average molecular weight is 432 g/mol. The molecule has 32 heavy (non-hydrogen) atoms. The van der Waals surface area contributed by atoms with Crippen molar-refractivity contribution in [3.8, 4) is 17.2 Å². The first-order valence-electron chi connectivity index (χ1n) is 10.3. The highest BCUT2D eigenvalue weighted by molar-refractivity contribution is 6.06. The normalized spacial score (nSPS) is 12.6. The van der Waals surface area contributed by atoms with Gasteiger partial charge in [0.15, 0.2) is 6.61 Å². The minimum absolute atomic E-state index is 0.0680. The van der Waals surface area contributed by atoms with Gasteiger partial charge in [0.1, 0.15) is 23.9 Å². The van der Waals surface area contributed by atoms with Crippen LogP contribution in [0.1, 0.15) is 15.9 Å². The van der Waals surface area contributed by atoms with Gasteiger partial charge in [0.05, 0.1) is 24.9 Å². The van der Waals surface area contributed by atoms with E-state index in [1.165, 1.54) is 7.11 Å². The standard InChI is InChI=1S/C25H24N2O5/c1-17-7-10-19(11-8-17)31-14-13-27-21-12-9-18(15-23(21)32-16-24(27)28)26-25(29)20-5-3-4-6-22(20)30-2/h3-12,15H,13-14,16H2,1-2H3,(H,26,29). The smallest absolute Gasteiger partial charge is 0.265 e. The number of methoxy groups -OCH3 is 1. The maximum Gasteiger partial charge on any atom is 0.265 e. The molecule has 1 heterocycles. The summed E-state index contributed by atoms with van der Waals surface area (Å²) in [6.45, 7) is 2.68. The molecule has 0 unspecified atom stereocenters. The Bertz CT molecular complexity index is 1130. The monoisotopic (exact) mass is 432 g/mol. The number of ether oxygens (including phenoxy) is 3. The molecule has 0 saturated carbocycles. The van der Waals surface area contributed by atoms with Gasteiger partial charge in [-0.25, -0.2) is 0 Å². The number of anilines is 2. The number of rotatable bonds is 7. The van der Waals surface area contributed by atoms with Crippen molar-refractivity contribution in [1.82, 2.24) is 0 Å². The molecule has 0 saturated heterocycles. The van der Waals surface area contributed by atoms with E-state index in [1.807, 2.05) is 31.2 Å². The van der Waals surface area contributed by atoms with Gasteiger partial charge in [0.25, 0.3) is 11.8 Å². The van der Waals surface area contributed by atoms with Crippen LogP contribution in [-0.2, 0) is 4.79 Å². The summed E-state index contributed by atoms with van der Waals surface area (Å²) in [4.78, 5) is 26.7. The fraction of sp³-hybridized carbons (Fsp3) is 0.200. The lowest BCUT2D eigenvalue weighted by molar-refractivity contribution is -0.121. The van der Waals surface area contributed by atoms with Gasteiger partial charge in [-0.05, 0) is 43.3 Å². The lowest BCUT2D eigenvalue weighted by atomic mass is 10.1. The van der Waals surface area contributed by atoms with Crippen molar-refractivity contribution in [2.24, 2.45) is 0 Å². The first kappa shape index (κ1) is 21.2. The molecule has 1 aliphatic heterocycles. The molecule has 0 fully saturated rings. The van der Waals surface area contributed by atoms with E-state index >= 15 is 0 Å². The predicted octanol–water partition coefficient (Wildman–Crippen LogP) is 4.06. The number of para-hydroxylation sites is 1. The molecule has 4 rings (SSSR count). The first-order valence-corrected chi connectivity index (χ1v) is 10.3. The van der Waals surface area contributed by atoms with E-state index in [1.54, 1.807) is 47.4 Å². The summed E-state index contributed by atoms with van der Waals surface area (Å²) >= 11 is 0. The number of carbonyl (C=O) groups excluding carboxylic acids is 2. The molecule has 0 atom stereocenters. The van der Waals surface area contributed by atoms with Gasteiger partial charge in [-0.3, -0.25) is 9.59 Å². The minimum atomic E-state index is -0.294. The van der Waals surface area contributed by atoms with Crippen LogP contribution in [0.5, 0.6) is 17.2 Å². The van der Waals surface area contributed by atoms with Gasteiger partial charge in [-0.1, -0.05) is 29.8 Å². The molecule has 1 aliphatic rings. The molecule has 0 bridgehead atoms. The highest BCUT2D eigenvalue weighted by Gasteiger charge is 2.26. The number of hydrogen-bond acceptors (Lipinski definition) is 5. The topological polar surface area (TPSA) is 77.1 Å². The van der Waals surface area contributed by atoms with Gasteiger partial charge < -0.3 is 24.4 Å². The Kier molecular flexibility index (Phi) is 6.26. The van der Waals surface area contributed by atoms with E-state index in [9.17, 15) is 9.59 Å². The molecule has 7 nitrogen and oxygen atoms in total. The van der Waals surface area contributed by atoms with Crippen molar-refractivity contribution in [2.75, 3.05) is 37.1 Å². The van der Waals surface area contributed by atoms with Gasteiger partial charge in [-0.15, -0.1) is 0 Å². The number of carbonyl (C=O) groups is 2. The third-order valence-corrected chi connectivity index (χ3v) is 5.12. The van der Waals surface area contributed by atoms with Crippen LogP contribution in [0.25, 0.3) is 0 Å². The lowest BCUT2D eigenvalue weighted by Gasteiger charge is -2.29. The second kappa shape index (κ2) is 9.43. The fourth-order valence-electron chi connectivity index (χ4n) is 3.45. The molecular weight excluding hydrogens is 408 g/mol. The summed E-state index contributed by atoms with van der Waals surface area (Å²) in [6.07, 6.45) is 0. The fourth-order valence-corrected chi connectivity index (χ4v) is 3.45. The Balaban J connectivity index is 1.45. The Morgan fingerprint density at radius 3 is 2.66 bits per heavy atom. The van der Waals surface area contributed by atoms with Crippen LogP contribution in [0.4, 0.5) is 11.4 Å². The number of aryl methyl sites for hydroxylation is 1. The summed E-state index contributed by atoms with van der Waals surface area (Å²) in [5.41, 5.74) is 2.79. The van der Waals surface area contributed by atoms with E-state index in [0.29, 0.717) is 41.6 Å². The number of hydrogen-bond donors (Lipinski definition) is 1. The first-order chi connectivity index (χ1) is 15.5. The predicted molar refractivity (Wildman–Crippen MR) is 122 cm³/mol. The van der Waals surface area contributed by atoms with Crippen LogP contribution < -0.4 is 24.4 Å². The number of nitrogens with zero attached hydrogens (tertiary/aromatic N) is 1. The maximum absolute atomic E-state index is 12.7. The highest BCUT2D eigenvalue weighted by Crippen LogP contribution is 2.34. The largest absolute Gasteiger partial charge is 0.496 e. The minimum Gasteiger partial charge on any atom is -0.496 e. The van der Waals surface area contributed by atoms with E-state index < -0.39 is 0 Å². The summed E-state index contributed by atoms with van der Waals surface area (Å²) < 4.78 is 16.6. The third kappa shape index (κ3) is 4.67. The number of nitrogens with one attached hydrogen (secondary N) is 1. The lowest BCUT2D eigenvalue weighted by Crippen LogP contribution is -2.41. The molecule has 3 aromatic carbocycles. The quantitative estimate of drug-likeness (QED) is 0.609. The van der Waals surface area contributed by atoms with Gasteiger partial charge >= 0.3 is 0 Å². The summed E-state index contributed by atoms with van der Waals surface area (Å²) in [6, 6.07) is 20.0. The van der Waals surface area contributed by atoms with Crippen molar-refractivity contribution in [1.29, 1.82) is 0 Å². The summed E-state index contributed by atoms with van der Waals surface area (Å²) in [5.74, 6) is 1.33. The van der Waals surface area contributed by atoms with Crippen molar-refractivity contribution in [3.05, 3.63) is 77.9 Å². The van der Waals surface area contributed by atoms with E-state index in [0.717, 1.165) is 11.3 Å². The summed E-state index contributed by atoms with van der Waals surface area (Å²) in [5, 5.41) is 2.85. The Morgan fingerprint density at radius 2 is 1.88 bits per heavy atom. The zero-order valence-electron chi connectivity index (χ0n) is 18.0. The van der Waals surface area contributed by atoms with Crippen LogP contribution in [-0.4, -0.2) is 38.7 Å². The van der Waals surface area contributed by atoms with Crippen LogP contribution in [0.3, 0.4) is 0 Å². The molecular formula is C25H24N2O5. The Labute approximate surface area is 186 Å². The second-order valence-corrected chi connectivity index (χ2v) is 7.33. The van der Waals surface area contributed by atoms with Crippen molar-refractivity contribution < 1.29 is 23.8 Å². The molecule has 7 heteroatoms. The Morgan fingerprint density at radius 1 is 1.09 bits per heavy atom. The van der Waals surface area contributed by atoms with Crippen molar-refractivity contribution >= 4 is 23.2 Å². The van der Waals surface area contributed by atoms with Gasteiger partial charge in [0, 0.05) is 11.8 Å². The molecule has 0 aliphatic carbocycles. The molecule has 0 spiro atoms. The third-order valence-electron chi connectivity index (χ3n) is 5.12. The number of amides is 2. The van der Waals surface area contributed by atoms with Crippen LogP contribution in [0.2, 0.25) is 0 Å². The highest BCUT2D eigenvalue weighted by atomic mass is 16.5. The average Bonchev–Trinajstić information content (AvgIpc) is 2.81. The SMILES string of the molecule is COc1ccccc1C(=O)Nc1ccc2c(c1)OCC(=O)N2CCOc1ccc(C)cc1. The van der Waals surface area contributed by atoms with Gasteiger partial charge in [0.2, 0.25) is 0 Å². The van der Waals surface area contributed by atoms with E-state index in [4.69, 9.17) is 14.2 Å². The maximum atomic E-state index is 12.7. The Hall–Kier alpha value is -4.00. The molecule has 3 aromatic rings. The molecule has 1 N–H and O–H groups in total. The van der Waals surface area contributed by atoms with Crippen molar-refractivity contribution in [3.63, 3.8) is 0 Å². The van der Waals surface area contributed by atoms with Gasteiger partial charge in [-0.2, -0.15) is 0 Å². The van der Waals surface area contributed by atoms with Crippen LogP contribution >= 0.6 is 0 Å². The zero-order valence-corrected chi connectivity index (χ0v) is 18.0. The number of fused-ring (bicyclic) bond motifs is 1. The molecule has 2 amide bonds. The molecule has 0 aromatic heterocycles. The summed E-state index contributed by atoms with van der Waals surface area (Å²) in [7, 11) is 1.52. The van der Waals surface area contributed by atoms with E-state index in [-0.39, 0.29) is 18.4 Å². The van der Waals surface area contributed by atoms with Crippen LogP contribution in [0.15, 0.2) is 66.7 Å². The zero-order chi connectivity index (χ0) is 22.5.